The fraction of sp³-hybridized carbons (Fsp3) is 0.438. The molecule has 2 N–H and O–H groups in total. The van der Waals surface area contributed by atoms with E-state index in [2.05, 4.69) is 5.32 Å². The van der Waals surface area contributed by atoms with Gasteiger partial charge in [-0.25, -0.2) is 4.79 Å². The van der Waals surface area contributed by atoms with Crippen molar-refractivity contribution in [3.8, 4) is 0 Å². The van der Waals surface area contributed by atoms with Crippen molar-refractivity contribution in [1.29, 1.82) is 0 Å². The van der Waals surface area contributed by atoms with Gasteiger partial charge >= 0.3 is 12.1 Å². The molecule has 1 unspecified atom stereocenters. The molecule has 2 atom stereocenters. The second kappa shape index (κ2) is 9.58. The third-order valence-corrected chi connectivity index (χ3v) is 3.24. The van der Waals surface area contributed by atoms with E-state index in [0.29, 0.717) is 6.42 Å². The minimum Gasteiger partial charge on any atom is -0.481 e. The van der Waals surface area contributed by atoms with Crippen LogP contribution in [0.15, 0.2) is 30.3 Å². The Balaban J connectivity index is 2.65. The zero-order valence-corrected chi connectivity index (χ0v) is 13.2. The van der Waals surface area contributed by atoms with Crippen LogP contribution in [0, 0.1) is 0 Å². The van der Waals surface area contributed by atoms with Gasteiger partial charge in [0.2, 0.25) is 0 Å². The summed E-state index contributed by atoms with van der Waals surface area (Å²) >= 11 is 0. The highest BCUT2D eigenvalue weighted by Gasteiger charge is 2.30. The van der Waals surface area contributed by atoms with Gasteiger partial charge in [0.05, 0.1) is 6.10 Å². The van der Waals surface area contributed by atoms with E-state index in [1.54, 1.807) is 19.1 Å². The molecule has 7 nitrogen and oxygen atoms in total. The van der Waals surface area contributed by atoms with Crippen molar-refractivity contribution in [2.24, 2.45) is 0 Å². The van der Waals surface area contributed by atoms with E-state index in [4.69, 9.17) is 14.6 Å². The topological polar surface area (TPSA) is 102 Å². The van der Waals surface area contributed by atoms with Gasteiger partial charge in [-0.05, 0) is 12.0 Å². The molecule has 0 saturated carbocycles. The highest BCUT2D eigenvalue weighted by Crippen LogP contribution is 2.08. The van der Waals surface area contributed by atoms with Crippen molar-refractivity contribution in [3.63, 3.8) is 0 Å². The van der Waals surface area contributed by atoms with E-state index in [9.17, 15) is 14.4 Å². The minimum atomic E-state index is -1.26. The normalized spacial score (nSPS) is 13.0. The van der Waals surface area contributed by atoms with Crippen LogP contribution in [-0.4, -0.2) is 42.2 Å². The lowest BCUT2D eigenvalue weighted by atomic mass is 10.0. The fourth-order valence-electron chi connectivity index (χ4n) is 2.07. The first kappa shape index (κ1) is 18.6. The number of carbonyl (C=O) groups is 3. The summed E-state index contributed by atoms with van der Waals surface area (Å²) in [6.45, 7) is 1.82. The summed E-state index contributed by atoms with van der Waals surface area (Å²) < 4.78 is 10.2. The summed E-state index contributed by atoms with van der Waals surface area (Å²) in [5, 5.41) is 11.1. The quantitative estimate of drug-likeness (QED) is 0.671. The van der Waals surface area contributed by atoms with Crippen LogP contribution >= 0.6 is 0 Å². The number of carbonyl (C=O) groups excluding carboxylic acids is 2. The molecule has 126 valence electrons. The van der Waals surface area contributed by atoms with E-state index in [-0.39, 0.29) is 6.61 Å². The summed E-state index contributed by atoms with van der Waals surface area (Å²) in [6, 6.07) is 8.00. The van der Waals surface area contributed by atoms with Gasteiger partial charge in [-0.15, -0.1) is 0 Å². The SMILES string of the molecule is CCC(OC)[C@H](NC(=O)OCc1ccccc1)C(=O)CC(=O)O. The smallest absolute Gasteiger partial charge is 0.408 e. The zero-order valence-electron chi connectivity index (χ0n) is 13.2. The molecule has 0 bridgehead atoms. The summed E-state index contributed by atoms with van der Waals surface area (Å²) in [4.78, 5) is 34.6. The minimum absolute atomic E-state index is 0.0519. The van der Waals surface area contributed by atoms with Crippen LogP contribution in [0.5, 0.6) is 0 Å². The predicted molar refractivity (Wildman–Crippen MR) is 81.9 cm³/mol. The second-order valence-corrected chi connectivity index (χ2v) is 4.90. The van der Waals surface area contributed by atoms with Gasteiger partial charge in [-0.3, -0.25) is 9.59 Å². The molecule has 0 saturated heterocycles. The van der Waals surface area contributed by atoms with Gasteiger partial charge in [-0.1, -0.05) is 37.3 Å². The molecule has 0 heterocycles. The van der Waals surface area contributed by atoms with E-state index in [1.165, 1.54) is 7.11 Å². The highest BCUT2D eigenvalue weighted by molar-refractivity contribution is 5.99. The zero-order chi connectivity index (χ0) is 17.2. The van der Waals surface area contributed by atoms with Gasteiger partial charge in [0.1, 0.15) is 19.1 Å². The van der Waals surface area contributed by atoms with Crippen LogP contribution < -0.4 is 5.32 Å². The number of rotatable bonds is 9. The standard InChI is InChI=1S/C16H21NO6/c1-3-13(22-2)15(12(18)9-14(19)20)17-16(21)23-10-11-7-5-4-6-8-11/h4-8,13,15H,3,9-10H2,1-2H3,(H,17,21)(H,19,20)/t13?,15-/m1/s1. The Bertz CT molecular complexity index is 527. The lowest BCUT2D eigenvalue weighted by Gasteiger charge is -2.24. The first-order valence-electron chi connectivity index (χ1n) is 7.22. The summed E-state index contributed by atoms with van der Waals surface area (Å²) in [5.74, 6) is -1.90. The maximum atomic E-state index is 12.0. The van der Waals surface area contributed by atoms with Crippen LogP contribution in [0.2, 0.25) is 0 Å². The van der Waals surface area contributed by atoms with Gasteiger partial charge in [0.25, 0.3) is 0 Å². The van der Waals surface area contributed by atoms with Crippen molar-refractivity contribution < 1.29 is 29.0 Å². The number of hydrogen-bond acceptors (Lipinski definition) is 5. The summed E-state index contributed by atoms with van der Waals surface area (Å²) in [6.07, 6.45) is -1.67. The van der Waals surface area contributed by atoms with Crippen LogP contribution in [-0.2, 0) is 25.7 Å². The number of alkyl carbamates (subject to hydrolysis) is 1. The molecule has 23 heavy (non-hydrogen) atoms. The Morgan fingerprint density at radius 1 is 1.22 bits per heavy atom. The second-order valence-electron chi connectivity index (χ2n) is 4.90. The fourth-order valence-corrected chi connectivity index (χ4v) is 2.07. The molecular weight excluding hydrogens is 302 g/mol. The number of aliphatic carboxylic acids is 1. The molecule has 0 spiro atoms. The average molecular weight is 323 g/mol. The molecular formula is C16H21NO6. The Hall–Kier alpha value is -2.41. The summed E-state index contributed by atoms with van der Waals surface area (Å²) in [7, 11) is 1.40. The molecule has 0 radical (unpaired) electrons. The number of amides is 1. The van der Waals surface area contributed by atoms with E-state index < -0.39 is 36.4 Å². The number of Topliss-reactive ketones (excluding diaryl/α,β-unsaturated/α-hetero) is 1. The number of benzene rings is 1. The number of carboxylic acid groups (broad SMARTS) is 1. The maximum absolute atomic E-state index is 12.0. The Morgan fingerprint density at radius 2 is 1.87 bits per heavy atom. The molecule has 1 aromatic rings. The lowest BCUT2D eigenvalue weighted by Crippen LogP contribution is -2.49. The van der Waals surface area contributed by atoms with Crippen LogP contribution in [0.25, 0.3) is 0 Å². The van der Waals surface area contributed by atoms with Crippen molar-refractivity contribution in [2.75, 3.05) is 7.11 Å². The average Bonchev–Trinajstić information content (AvgIpc) is 2.53. The number of ether oxygens (including phenoxy) is 2. The molecule has 1 rings (SSSR count). The molecule has 1 aromatic carbocycles. The maximum Gasteiger partial charge on any atom is 0.408 e. The number of carboxylic acids is 1. The van der Waals surface area contributed by atoms with Crippen LogP contribution in [0.3, 0.4) is 0 Å². The van der Waals surface area contributed by atoms with Crippen molar-refractivity contribution in [1.82, 2.24) is 5.32 Å². The molecule has 0 aliphatic rings. The summed E-state index contributed by atoms with van der Waals surface area (Å²) in [5.41, 5.74) is 0.801. The number of hydrogen-bond donors (Lipinski definition) is 2. The Morgan fingerprint density at radius 3 is 2.39 bits per heavy atom. The van der Waals surface area contributed by atoms with Gasteiger partial charge in [0.15, 0.2) is 5.78 Å². The van der Waals surface area contributed by atoms with E-state index in [0.717, 1.165) is 5.56 Å². The number of nitrogens with one attached hydrogen (secondary N) is 1. The largest absolute Gasteiger partial charge is 0.481 e. The number of methoxy groups -OCH3 is 1. The van der Waals surface area contributed by atoms with Gasteiger partial charge in [-0.2, -0.15) is 0 Å². The van der Waals surface area contributed by atoms with Crippen LogP contribution in [0.4, 0.5) is 4.79 Å². The third kappa shape index (κ3) is 6.48. The van der Waals surface area contributed by atoms with Gasteiger partial charge in [0, 0.05) is 7.11 Å². The first-order valence-corrected chi connectivity index (χ1v) is 7.22. The third-order valence-electron chi connectivity index (χ3n) is 3.24. The van der Waals surface area contributed by atoms with Crippen molar-refractivity contribution in [3.05, 3.63) is 35.9 Å². The molecule has 0 aliphatic heterocycles. The predicted octanol–water partition coefficient (Wildman–Crippen LogP) is 1.75. The highest BCUT2D eigenvalue weighted by atomic mass is 16.5. The van der Waals surface area contributed by atoms with Gasteiger partial charge < -0.3 is 19.9 Å². The molecule has 0 fully saturated rings. The monoisotopic (exact) mass is 323 g/mol. The molecule has 7 heteroatoms. The van der Waals surface area contributed by atoms with E-state index in [1.807, 2.05) is 18.2 Å². The molecule has 0 aliphatic carbocycles. The molecule has 1 amide bonds. The molecule has 0 aromatic heterocycles. The van der Waals surface area contributed by atoms with Crippen molar-refractivity contribution in [2.45, 2.75) is 38.5 Å². The van der Waals surface area contributed by atoms with Crippen LogP contribution in [0.1, 0.15) is 25.3 Å². The van der Waals surface area contributed by atoms with E-state index >= 15 is 0 Å². The number of ketones is 1. The van der Waals surface area contributed by atoms with Crippen molar-refractivity contribution >= 4 is 17.8 Å². The Labute approximate surface area is 134 Å². The Kier molecular flexibility index (Phi) is 7.76. The first-order chi connectivity index (χ1) is 11.0. The lowest BCUT2D eigenvalue weighted by molar-refractivity contribution is -0.141.